The minimum absolute atomic E-state index is 0.969. The van der Waals surface area contributed by atoms with E-state index in [2.05, 4.69) is 46.4 Å². The van der Waals surface area contributed by atoms with E-state index < -0.39 is 8.07 Å². The molecule has 17 unspecified atom stereocenters. The lowest BCUT2D eigenvalue weighted by atomic mass is 9.53. The molecule has 0 nitrogen and oxygen atoms in total. The van der Waals surface area contributed by atoms with Crippen molar-refractivity contribution in [2.24, 2.45) is 76.9 Å². The van der Waals surface area contributed by atoms with Gasteiger partial charge in [0.1, 0.15) is 0 Å². The van der Waals surface area contributed by atoms with E-state index in [-0.39, 0.29) is 0 Å². The fourth-order valence-electron chi connectivity index (χ4n) is 16.3. The van der Waals surface area contributed by atoms with Crippen LogP contribution in [0, 0.1) is 76.9 Å². The zero-order valence-electron chi connectivity index (χ0n) is 28.5. The van der Waals surface area contributed by atoms with Crippen LogP contribution in [0.2, 0.25) is 23.2 Å². The van der Waals surface area contributed by atoms with Gasteiger partial charge in [0.15, 0.2) is 0 Å². The third-order valence-electron chi connectivity index (χ3n) is 17.6. The van der Waals surface area contributed by atoms with Crippen molar-refractivity contribution in [1.82, 2.24) is 0 Å². The monoisotopic (exact) mass is 608 g/mol. The summed E-state index contributed by atoms with van der Waals surface area (Å²) in [5, 5.41) is 2.05. The smallest absolute Gasteiger partial charge is 0.0604 e. The Labute approximate surface area is 266 Å². The Morgan fingerprint density at radius 1 is 0.524 bits per heavy atom. The van der Waals surface area contributed by atoms with Crippen LogP contribution < -0.4 is 0 Å². The maximum atomic E-state index is 2.85. The molecule has 0 aromatic rings. The van der Waals surface area contributed by atoms with Crippen molar-refractivity contribution in [2.45, 2.75) is 171 Å². The highest BCUT2D eigenvalue weighted by molar-refractivity contribution is 8.00. The van der Waals surface area contributed by atoms with Crippen molar-refractivity contribution < 1.29 is 0 Å². The Morgan fingerprint density at radius 3 is 1.95 bits per heavy atom. The first-order valence-electron chi connectivity index (χ1n) is 20.1. The number of rotatable bonds is 5. The maximum absolute atomic E-state index is 2.85. The summed E-state index contributed by atoms with van der Waals surface area (Å²) in [7, 11) is -1.49. The largest absolute Gasteiger partial charge is 0.154 e. The lowest BCUT2D eigenvalue weighted by Crippen LogP contribution is -2.53. The third-order valence-corrected chi connectivity index (χ3v) is 26.8. The number of hydrogen-bond acceptors (Lipinski definition) is 1. The molecule has 0 spiro atoms. The van der Waals surface area contributed by atoms with E-state index >= 15 is 0 Å². The zero-order valence-corrected chi connectivity index (χ0v) is 30.3. The van der Waals surface area contributed by atoms with Gasteiger partial charge in [0.2, 0.25) is 0 Å². The van der Waals surface area contributed by atoms with Crippen LogP contribution in [0.15, 0.2) is 0 Å². The molecule has 7 saturated carbocycles. The van der Waals surface area contributed by atoms with Crippen molar-refractivity contribution in [3.63, 3.8) is 0 Å². The summed E-state index contributed by atoms with van der Waals surface area (Å²) in [5.41, 5.74) is 2.29. The maximum Gasteiger partial charge on any atom is 0.0604 e. The SMILES string of the molecule is CC[Si](CC)(C1C(C)CC2C1CC1CCCC1C2C1CCCC2CCCCC21)C1C(C)C(C)C2SC3CCCCC3C21. The number of fused-ring (bicyclic) bond motifs is 6. The predicted molar refractivity (Wildman–Crippen MR) is 186 cm³/mol. The quantitative estimate of drug-likeness (QED) is 0.280. The molecule has 0 radical (unpaired) electrons. The third kappa shape index (κ3) is 4.37. The molecular formula is C40H68SSi. The molecule has 2 heteroatoms. The average Bonchev–Trinajstić information content (AvgIpc) is 3.77. The molecule has 1 heterocycles. The first-order valence-corrected chi connectivity index (χ1v) is 23.6. The number of thioether (sulfide) groups is 1. The van der Waals surface area contributed by atoms with Crippen molar-refractivity contribution in [1.29, 1.82) is 0 Å². The lowest BCUT2D eigenvalue weighted by molar-refractivity contribution is -0.0348. The minimum atomic E-state index is -1.49. The summed E-state index contributed by atoms with van der Waals surface area (Å²) in [6.45, 7) is 13.9. The molecule has 8 aliphatic rings. The van der Waals surface area contributed by atoms with Crippen molar-refractivity contribution >= 4 is 19.8 Å². The van der Waals surface area contributed by atoms with Gasteiger partial charge in [-0.15, -0.1) is 0 Å². The summed E-state index contributed by atoms with van der Waals surface area (Å²) in [5.74, 6) is 14.2. The molecule has 0 N–H and O–H groups in total. The predicted octanol–water partition coefficient (Wildman–Crippen LogP) is 12.1. The molecule has 0 aromatic carbocycles. The molecule has 42 heavy (non-hydrogen) atoms. The van der Waals surface area contributed by atoms with Crippen LogP contribution in [-0.2, 0) is 0 Å². The van der Waals surface area contributed by atoms with Gasteiger partial charge in [-0.3, -0.25) is 0 Å². The molecule has 8 fully saturated rings. The Kier molecular flexibility index (Phi) is 8.32. The van der Waals surface area contributed by atoms with Crippen LogP contribution in [0.25, 0.3) is 0 Å². The topological polar surface area (TPSA) is 0 Å². The molecule has 0 aromatic heterocycles. The highest BCUT2D eigenvalue weighted by Crippen LogP contribution is 2.73. The van der Waals surface area contributed by atoms with E-state index in [0.717, 1.165) is 98.5 Å². The number of hydrogen-bond donors (Lipinski definition) is 0. The van der Waals surface area contributed by atoms with E-state index in [9.17, 15) is 0 Å². The van der Waals surface area contributed by atoms with Crippen LogP contribution in [0.4, 0.5) is 0 Å². The van der Waals surface area contributed by atoms with Gasteiger partial charge < -0.3 is 0 Å². The van der Waals surface area contributed by atoms with Gasteiger partial charge in [-0.2, -0.15) is 11.8 Å². The van der Waals surface area contributed by atoms with E-state index in [0.29, 0.717) is 0 Å². The summed E-state index contributed by atoms with van der Waals surface area (Å²) in [6.07, 6.45) is 25.5. The first-order chi connectivity index (χ1) is 20.5. The van der Waals surface area contributed by atoms with Crippen molar-refractivity contribution in [2.75, 3.05) is 0 Å². The molecule has 7 aliphatic carbocycles. The Morgan fingerprint density at radius 2 is 1.17 bits per heavy atom. The van der Waals surface area contributed by atoms with E-state index in [1.165, 1.54) is 6.42 Å². The zero-order chi connectivity index (χ0) is 28.7. The van der Waals surface area contributed by atoms with E-state index in [1.54, 1.807) is 108 Å². The molecule has 0 amide bonds. The van der Waals surface area contributed by atoms with Crippen LogP contribution in [-0.4, -0.2) is 18.6 Å². The van der Waals surface area contributed by atoms with Gasteiger partial charge in [-0.05, 0) is 133 Å². The van der Waals surface area contributed by atoms with Gasteiger partial charge in [0.25, 0.3) is 0 Å². The summed E-state index contributed by atoms with van der Waals surface area (Å²) in [6, 6.07) is 3.23. The average molecular weight is 609 g/mol. The first kappa shape index (κ1) is 29.9. The molecular weight excluding hydrogens is 541 g/mol. The fraction of sp³-hybridized carbons (Fsp3) is 1.00. The van der Waals surface area contributed by atoms with Crippen LogP contribution in [0.3, 0.4) is 0 Å². The van der Waals surface area contributed by atoms with Gasteiger partial charge >= 0.3 is 0 Å². The van der Waals surface area contributed by atoms with Crippen molar-refractivity contribution in [3.8, 4) is 0 Å². The van der Waals surface area contributed by atoms with E-state index in [4.69, 9.17) is 0 Å². The van der Waals surface area contributed by atoms with E-state index in [1.807, 2.05) is 0 Å². The summed E-state index contributed by atoms with van der Waals surface area (Å²) >= 11 is 2.55. The summed E-state index contributed by atoms with van der Waals surface area (Å²) < 4.78 is 0. The van der Waals surface area contributed by atoms with Crippen LogP contribution in [0.5, 0.6) is 0 Å². The molecule has 8 rings (SSSR count). The molecule has 1 aliphatic heterocycles. The van der Waals surface area contributed by atoms with Gasteiger partial charge in [0.05, 0.1) is 8.07 Å². The van der Waals surface area contributed by atoms with Gasteiger partial charge in [-0.25, -0.2) is 0 Å². The van der Waals surface area contributed by atoms with Crippen LogP contribution >= 0.6 is 11.8 Å². The Balaban J connectivity index is 1.16. The molecule has 0 bridgehead atoms. The fourth-order valence-corrected chi connectivity index (χ4v) is 26.7. The second kappa shape index (κ2) is 11.7. The highest BCUT2D eigenvalue weighted by Gasteiger charge is 2.67. The van der Waals surface area contributed by atoms with Crippen molar-refractivity contribution in [3.05, 3.63) is 0 Å². The lowest BCUT2D eigenvalue weighted by Gasteiger charge is -2.56. The Hall–Kier alpha value is 0.567. The van der Waals surface area contributed by atoms with Gasteiger partial charge in [0, 0.05) is 10.5 Å². The minimum Gasteiger partial charge on any atom is -0.154 e. The highest BCUT2D eigenvalue weighted by atomic mass is 32.2. The molecule has 17 atom stereocenters. The standard InChI is InChI=1S/C40H68SSi/c1-6-42(7-2,40-26(5)25(4)38-37(40)32-18-10-11-21-35(32)41-38)39-24(3)22-33-34(39)23-28-16-13-19-30(28)36(33)31-20-12-15-27-14-8-9-17-29(27)31/h24-40H,6-23H2,1-5H3. The Bertz CT molecular complexity index is 953. The second-order valence-corrected chi connectivity index (χ2v) is 25.0. The second-order valence-electron chi connectivity index (χ2n) is 18.4. The summed E-state index contributed by atoms with van der Waals surface area (Å²) in [4.78, 5) is 0. The normalized spacial score (nSPS) is 55.5. The van der Waals surface area contributed by atoms with Gasteiger partial charge in [-0.1, -0.05) is 104 Å². The molecule has 1 saturated heterocycles. The van der Waals surface area contributed by atoms with Crippen LogP contribution in [0.1, 0.15) is 137 Å². The molecule has 238 valence electrons.